The molecule has 0 spiro atoms. The highest BCUT2D eigenvalue weighted by atomic mass is 27.0. The first-order valence-electron chi connectivity index (χ1n) is 7.71. The minimum Gasteiger partial charge on any atom is -0.478 e. The van der Waals surface area contributed by atoms with E-state index in [4.69, 9.17) is 5.11 Å². The maximum Gasteiger partial charge on any atom is 0.433 e. The summed E-state index contributed by atoms with van der Waals surface area (Å²) in [6.45, 7) is 0. The van der Waals surface area contributed by atoms with Gasteiger partial charge in [0.1, 0.15) is 11.5 Å². The molecule has 3 rings (SSSR count). The molecule has 1 aromatic heterocycles. The van der Waals surface area contributed by atoms with E-state index >= 15 is 0 Å². The summed E-state index contributed by atoms with van der Waals surface area (Å²) < 4.78 is 52.9. The average molecular weight is 390 g/mol. The molecule has 4 nitrogen and oxygen atoms in total. The van der Waals surface area contributed by atoms with E-state index in [1.54, 1.807) is 18.2 Å². The first-order chi connectivity index (χ1) is 12.6. The van der Waals surface area contributed by atoms with Gasteiger partial charge in [-0.15, -0.1) is 0 Å². The van der Waals surface area contributed by atoms with Crippen LogP contribution in [0.2, 0.25) is 0 Å². The fourth-order valence-corrected chi connectivity index (χ4v) is 3.03. The van der Waals surface area contributed by atoms with Crippen molar-refractivity contribution in [1.82, 2.24) is 9.97 Å². The standard InChI is InChI=1S/C18H9F4N2O2.Al.2H/c19-14-5-4-11(9-13(14)17(25)26)10-2-1-3-12(8-10)16-23-7-6-15(24-16)18(20,21)22;;;/h1-6,8-9H,(H,25,26);;;. The van der Waals surface area contributed by atoms with Crippen LogP contribution in [0.4, 0.5) is 17.6 Å². The first-order valence-corrected chi connectivity index (χ1v) is 8.71. The van der Waals surface area contributed by atoms with Crippen LogP contribution < -0.4 is 4.56 Å². The van der Waals surface area contributed by atoms with Gasteiger partial charge < -0.3 is 5.11 Å². The van der Waals surface area contributed by atoms with E-state index in [1.165, 1.54) is 18.2 Å². The highest BCUT2D eigenvalue weighted by Gasteiger charge is 2.33. The highest BCUT2D eigenvalue weighted by Crippen LogP contribution is 2.30. The number of hydrogen-bond acceptors (Lipinski definition) is 3. The molecular weight excluding hydrogens is 379 g/mol. The minimum absolute atomic E-state index is 0.0720. The third kappa shape index (κ3) is 4.15. The summed E-state index contributed by atoms with van der Waals surface area (Å²) in [5, 5.41) is 9.04. The summed E-state index contributed by atoms with van der Waals surface area (Å²) in [5.74, 6) is -2.35. The molecular formula is C18H11AlF4N2O2. The van der Waals surface area contributed by atoms with Crippen LogP contribution in [-0.2, 0) is 6.18 Å². The Kier molecular flexibility index (Phi) is 5.00. The van der Waals surface area contributed by atoms with Gasteiger partial charge in [0.15, 0.2) is 5.82 Å². The summed E-state index contributed by atoms with van der Waals surface area (Å²) in [7, 11) is 0. The molecule has 0 radical (unpaired) electrons. The van der Waals surface area contributed by atoms with E-state index in [1.807, 2.05) is 0 Å². The number of carbonyl (C=O) groups is 1. The Labute approximate surface area is 158 Å². The number of carboxylic acids is 1. The van der Waals surface area contributed by atoms with E-state index in [0.717, 1.165) is 12.1 Å². The smallest absolute Gasteiger partial charge is 0.433 e. The summed E-state index contributed by atoms with van der Waals surface area (Å²) in [6, 6.07) is 10.8. The molecule has 3 aromatic rings. The summed E-state index contributed by atoms with van der Waals surface area (Å²) in [6.07, 6.45) is -4.58. The zero-order valence-corrected chi connectivity index (χ0v) is 15.9. The number of aromatic nitrogens is 2. The Balaban J connectivity index is 2.09. The van der Waals surface area contributed by atoms with Crippen LogP contribution in [0.1, 0.15) is 16.1 Å². The zero-order valence-electron chi connectivity index (χ0n) is 13.9. The van der Waals surface area contributed by atoms with Crippen LogP contribution in [0.15, 0.2) is 48.5 Å². The molecule has 0 aliphatic rings. The predicted octanol–water partition coefficient (Wildman–Crippen LogP) is 2.93. The van der Waals surface area contributed by atoms with Gasteiger partial charge >= 0.3 is 12.1 Å². The fourth-order valence-electron chi connectivity index (χ4n) is 2.55. The largest absolute Gasteiger partial charge is 0.478 e. The molecule has 0 aliphatic heterocycles. The van der Waals surface area contributed by atoms with Crippen LogP contribution in [0.5, 0.6) is 0 Å². The molecule has 0 atom stereocenters. The van der Waals surface area contributed by atoms with Gasteiger partial charge in [-0.05, 0) is 39.9 Å². The van der Waals surface area contributed by atoms with Crippen molar-refractivity contribution in [2.75, 3.05) is 0 Å². The van der Waals surface area contributed by atoms with E-state index in [0.29, 0.717) is 37.5 Å². The topological polar surface area (TPSA) is 63.1 Å². The average Bonchev–Trinajstić information content (AvgIpc) is 2.60. The Morgan fingerprint density at radius 1 is 0.963 bits per heavy atom. The van der Waals surface area contributed by atoms with Crippen molar-refractivity contribution in [2.45, 2.75) is 6.18 Å². The first kappa shape index (κ1) is 19.0. The summed E-state index contributed by atoms with van der Waals surface area (Å²) in [5.41, 5.74) is -0.246. The van der Waals surface area contributed by atoms with E-state index in [9.17, 15) is 22.4 Å². The molecule has 9 heteroatoms. The Morgan fingerprint density at radius 2 is 1.63 bits per heavy atom. The van der Waals surface area contributed by atoms with E-state index in [-0.39, 0.29) is 5.82 Å². The summed E-state index contributed by atoms with van der Waals surface area (Å²) in [4.78, 5) is 18.8. The van der Waals surface area contributed by atoms with Gasteiger partial charge in [-0.2, -0.15) is 13.2 Å². The van der Waals surface area contributed by atoms with Crippen LogP contribution in [0.3, 0.4) is 0 Å². The number of benzene rings is 2. The lowest BCUT2D eigenvalue weighted by molar-refractivity contribution is -0.141. The number of hydrogen-bond donors (Lipinski definition) is 1. The monoisotopic (exact) mass is 390 g/mol. The lowest BCUT2D eigenvalue weighted by atomic mass is 10.0. The summed E-state index contributed by atoms with van der Waals surface area (Å²) >= 11 is 0.317. The Bertz CT molecular complexity index is 1040. The van der Waals surface area contributed by atoms with Gasteiger partial charge in [0, 0.05) is 5.56 Å². The second-order valence-corrected chi connectivity index (χ2v) is 6.82. The van der Waals surface area contributed by atoms with E-state index in [2.05, 4.69) is 9.97 Å². The molecule has 0 fully saturated rings. The minimum atomic E-state index is -4.58. The number of rotatable bonds is 3. The second kappa shape index (κ2) is 7.10. The molecule has 1 N–H and O–H groups in total. The molecule has 2 aromatic carbocycles. The number of carboxylic acid groups (broad SMARTS) is 1. The van der Waals surface area contributed by atoms with Crippen molar-refractivity contribution in [3.05, 3.63) is 65.6 Å². The van der Waals surface area contributed by atoms with Crippen molar-refractivity contribution in [2.24, 2.45) is 0 Å². The molecule has 0 unspecified atom stereocenters. The van der Waals surface area contributed by atoms with E-state index < -0.39 is 29.2 Å². The van der Waals surface area contributed by atoms with Crippen LogP contribution in [0.25, 0.3) is 22.5 Å². The molecule has 1 heterocycles. The van der Waals surface area contributed by atoms with Gasteiger partial charge in [0.05, 0.1) is 5.56 Å². The molecule has 136 valence electrons. The number of nitrogens with zero attached hydrogens (tertiary/aromatic N) is 2. The third-order valence-electron chi connectivity index (χ3n) is 3.80. The zero-order chi connectivity index (χ0) is 19.8. The maximum atomic E-state index is 13.6. The van der Waals surface area contributed by atoms with Gasteiger partial charge in [-0.3, -0.25) is 4.98 Å². The maximum absolute atomic E-state index is 13.6. The molecule has 0 aliphatic carbocycles. The van der Waals surface area contributed by atoms with Gasteiger partial charge in [0.25, 0.3) is 16.3 Å². The lowest BCUT2D eigenvalue weighted by Crippen LogP contribution is -2.18. The number of aromatic carboxylic acids is 1. The second-order valence-electron chi connectivity index (χ2n) is 5.80. The van der Waals surface area contributed by atoms with Gasteiger partial charge in [-0.25, -0.2) is 14.2 Å². The van der Waals surface area contributed by atoms with Crippen molar-refractivity contribution in [3.63, 3.8) is 0 Å². The fraction of sp³-hybridized carbons (Fsp3) is 0.0556. The van der Waals surface area contributed by atoms with Crippen LogP contribution in [-0.4, -0.2) is 37.3 Å². The lowest BCUT2D eigenvalue weighted by Gasteiger charge is -2.10. The predicted molar refractivity (Wildman–Crippen MR) is 93.0 cm³/mol. The number of halogens is 4. The van der Waals surface area contributed by atoms with Crippen molar-refractivity contribution in [1.29, 1.82) is 0 Å². The molecule has 27 heavy (non-hydrogen) atoms. The molecule has 0 bridgehead atoms. The molecule has 0 saturated carbocycles. The number of alkyl halides is 3. The quantitative estimate of drug-likeness (QED) is 0.552. The van der Waals surface area contributed by atoms with Crippen LogP contribution >= 0.6 is 0 Å². The SMILES string of the molecule is O=C(O)c1cc(-c2cccc(-c3n[c]([AlH2])cc(C(F)(F)F)n3)c2)ccc1F. The van der Waals surface area contributed by atoms with Crippen molar-refractivity contribution < 1.29 is 27.5 Å². The highest BCUT2D eigenvalue weighted by molar-refractivity contribution is 6.30. The van der Waals surface area contributed by atoms with Crippen molar-refractivity contribution >= 4 is 26.8 Å². The molecule has 0 saturated heterocycles. The Morgan fingerprint density at radius 3 is 2.30 bits per heavy atom. The normalized spacial score (nSPS) is 11.4. The Hall–Kier alpha value is -2.76. The molecule has 0 amide bonds. The third-order valence-corrected chi connectivity index (χ3v) is 4.31. The van der Waals surface area contributed by atoms with Crippen LogP contribution in [0, 0.1) is 5.82 Å². The van der Waals surface area contributed by atoms with Gasteiger partial charge in [-0.1, -0.05) is 24.3 Å². The van der Waals surface area contributed by atoms with Gasteiger partial charge in [0.2, 0.25) is 0 Å². The van der Waals surface area contributed by atoms with Crippen molar-refractivity contribution in [3.8, 4) is 22.5 Å².